The third-order valence-electron chi connectivity index (χ3n) is 3.33. The first-order chi connectivity index (χ1) is 10.3. The smallest absolute Gasteiger partial charge is 0.238 e. The molecule has 1 aliphatic carbocycles. The molecular weight excluding hydrogens is 268 g/mol. The van der Waals surface area contributed by atoms with Crippen LogP contribution in [0.2, 0.25) is 0 Å². The average Bonchev–Trinajstić information content (AvgIpc) is 3.22. The zero-order chi connectivity index (χ0) is 14.7. The number of nitrogens with zero attached hydrogens (tertiary/aromatic N) is 4. The second kappa shape index (κ2) is 6.01. The van der Waals surface area contributed by atoms with E-state index in [-0.39, 0.29) is 5.91 Å². The highest BCUT2D eigenvalue weighted by atomic mass is 16.1. The Labute approximate surface area is 122 Å². The van der Waals surface area contributed by atoms with Crippen LogP contribution in [0.3, 0.4) is 0 Å². The Kier molecular flexibility index (Phi) is 3.92. The summed E-state index contributed by atoms with van der Waals surface area (Å²) in [6.45, 7) is 3.04. The van der Waals surface area contributed by atoms with E-state index in [1.54, 1.807) is 0 Å². The lowest BCUT2D eigenvalue weighted by atomic mass is 10.2. The Morgan fingerprint density at radius 3 is 3.05 bits per heavy atom. The quantitative estimate of drug-likeness (QED) is 0.834. The molecule has 2 aromatic rings. The van der Waals surface area contributed by atoms with E-state index in [9.17, 15) is 4.79 Å². The summed E-state index contributed by atoms with van der Waals surface area (Å²) in [6.07, 6.45) is 2.24. The largest absolute Gasteiger partial charge is 0.325 e. The van der Waals surface area contributed by atoms with Crippen molar-refractivity contribution < 1.29 is 4.79 Å². The van der Waals surface area contributed by atoms with Gasteiger partial charge in [0.25, 0.3) is 0 Å². The van der Waals surface area contributed by atoms with Gasteiger partial charge in [0, 0.05) is 11.3 Å². The van der Waals surface area contributed by atoms with E-state index in [2.05, 4.69) is 26.2 Å². The van der Waals surface area contributed by atoms with Gasteiger partial charge in [-0.2, -0.15) is 0 Å². The minimum Gasteiger partial charge on any atom is -0.325 e. The molecule has 7 nitrogen and oxygen atoms in total. The molecule has 1 saturated carbocycles. The van der Waals surface area contributed by atoms with Crippen molar-refractivity contribution >= 4 is 11.6 Å². The number of aromatic nitrogens is 4. The van der Waals surface area contributed by atoms with Crippen molar-refractivity contribution in [2.45, 2.75) is 25.8 Å². The molecule has 1 aromatic heterocycles. The van der Waals surface area contributed by atoms with E-state index in [1.165, 1.54) is 0 Å². The molecule has 0 atom stereocenters. The van der Waals surface area contributed by atoms with Gasteiger partial charge in [0.1, 0.15) is 0 Å². The van der Waals surface area contributed by atoms with Crippen molar-refractivity contribution in [3.05, 3.63) is 24.3 Å². The van der Waals surface area contributed by atoms with Crippen LogP contribution in [0.4, 0.5) is 5.69 Å². The summed E-state index contributed by atoms with van der Waals surface area (Å²) in [6, 6.07) is 8.02. The van der Waals surface area contributed by atoms with E-state index in [0.29, 0.717) is 12.6 Å². The number of nitrogens with one attached hydrogen (secondary N) is 2. The van der Waals surface area contributed by atoms with Crippen molar-refractivity contribution in [1.82, 2.24) is 25.5 Å². The number of anilines is 1. The summed E-state index contributed by atoms with van der Waals surface area (Å²) < 4.78 is 1.86. The van der Waals surface area contributed by atoms with Crippen molar-refractivity contribution in [2.75, 3.05) is 18.4 Å². The van der Waals surface area contributed by atoms with Gasteiger partial charge in [-0.25, -0.2) is 4.68 Å². The number of hydrogen-bond acceptors (Lipinski definition) is 5. The van der Waals surface area contributed by atoms with Crippen molar-refractivity contribution in [2.24, 2.45) is 0 Å². The van der Waals surface area contributed by atoms with Gasteiger partial charge in [0.2, 0.25) is 5.91 Å². The highest BCUT2D eigenvalue weighted by Gasteiger charge is 2.28. The summed E-state index contributed by atoms with van der Waals surface area (Å²) in [4.78, 5) is 11.7. The molecule has 3 rings (SSSR count). The maximum Gasteiger partial charge on any atom is 0.238 e. The molecule has 21 heavy (non-hydrogen) atoms. The topological polar surface area (TPSA) is 84.7 Å². The second-order valence-corrected chi connectivity index (χ2v) is 5.09. The van der Waals surface area contributed by atoms with Crippen LogP contribution in [0.1, 0.15) is 25.8 Å². The molecule has 0 spiro atoms. The molecule has 1 aromatic carbocycles. The number of hydrogen-bond donors (Lipinski definition) is 2. The fourth-order valence-electron chi connectivity index (χ4n) is 2.13. The van der Waals surface area contributed by atoms with Crippen LogP contribution < -0.4 is 10.6 Å². The van der Waals surface area contributed by atoms with Crippen LogP contribution in [-0.2, 0) is 4.79 Å². The summed E-state index contributed by atoms with van der Waals surface area (Å²) >= 11 is 0. The van der Waals surface area contributed by atoms with Crippen molar-refractivity contribution in [1.29, 1.82) is 0 Å². The maximum atomic E-state index is 11.7. The lowest BCUT2D eigenvalue weighted by Gasteiger charge is -2.08. The first-order valence-corrected chi connectivity index (χ1v) is 7.17. The van der Waals surface area contributed by atoms with Crippen LogP contribution in [0, 0.1) is 0 Å². The standard InChI is InChI=1S/C14H18N6O/c1-2-15-9-13(21)16-11-5-3-4-10(8-11)14-17-18-19-20(14)12-6-7-12/h3-5,8,12,15H,2,6-7,9H2,1H3,(H,16,21). The normalized spacial score (nSPS) is 14.1. The number of tetrazole rings is 1. The van der Waals surface area contributed by atoms with Crippen LogP contribution >= 0.6 is 0 Å². The molecular formula is C14H18N6O. The summed E-state index contributed by atoms with van der Waals surface area (Å²) in [5, 5.41) is 17.8. The highest BCUT2D eigenvalue weighted by Crippen LogP contribution is 2.36. The summed E-state index contributed by atoms with van der Waals surface area (Å²) in [5.41, 5.74) is 1.66. The Morgan fingerprint density at radius 2 is 2.29 bits per heavy atom. The van der Waals surface area contributed by atoms with E-state index in [4.69, 9.17) is 0 Å². The molecule has 0 saturated heterocycles. The first-order valence-electron chi connectivity index (χ1n) is 7.17. The Morgan fingerprint density at radius 1 is 1.43 bits per heavy atom. The minimum atomic E-state index is -0.0595. The van der Waals surface area contributed by atoms with E-state index in [1.807, 2.05) is 35.9 Å². The molecule has 1 aliphatic rings. The molecule has 2 N–H and O–H groups in total. The molecule has 0 unspecified atom stereocenters. The van der Waals surface area contributed by atoms with Gasteiger partial charge in [-0.15, -0.1) is 5.10 Å². The molecule has 1 amide bonds. The van der Waals surface area contributed by atoms with E-state index >= 15 is 0 Å². The van der Waals surface area contributed by atoms with Gasteiger partial charge in [0.05, 0.1) is 12.6 Å². The fraction of sp³-hybridized carbons (Fsp3) is 0.429. The van der Waals surface area contributed by atoms with Crippen molar-refractivity contribution in [3.8, 4) is 11.4 Å². The number of amides is 1. The van der Waals surface area contributed by atoms with Gasteiger partial charge in [0.15, 0.2) is 5.82 Å². The summed E-state index contributed by atoms with van der Waals surface area (Å²) in [7, 11) is 0. The van der Waals surface area contributed by atoms with E-state index in [0.717, 1.165) is 36.5 Å². The third kappa shape index (κ3) is 3.25. The molecule has 110 valence electrons. The average molecular weight is 286 g/mol. The number of benzene rings is 1. The molecule has 7 heteroatoms. The lowest BCUT2D eigenvalue weighted by Crippen LogP contribution is -2.27. The zero-order valence-corrected chi connectivity index (χ0v) is 11.9. The van der Waals surface area contributed by atoms with Crippen LogP contribution in [0.15, 0.2) is 24.3 Å². The van der Waals surface area contributed by atoms with Gasteiger partial charge < -0.3 is 10.6 Å². The molecule has 0 bridgehead atoms. The van der Waals surface area contributed by atoms with Crippen molar-refractivity contribution in [3.63, 3.8) is 0 Å². The number of likely N-dealkylation sites (N-methyl/N-ethyl adjacent to an activating group) is 1. The summed E-state index contributed by atoms with van der Waals surface area (Å²) in [5.74, 6) is 0.691. The second-order valence-electron chi connectivity index (χ2n) is 5.09. The predicted octanol–water partition coefficient (Wildman–Crippen LogP) is 1.22. The Balaban J connectivity index is 1.76. The lowest BCUT2D eigenvalue weighted by molar-refractivity contribution is -0.115. The molecule has 1 fully saturated rings. The number of rotatable bonds is 6. The fourth-order valence-corrected chi connectivity index (χ4v) is 2.13. The molecule has 0 aliphatic heterocycles. The van der Waals surface area contributed by atoms with Crippen LogP contribution in [-0.4, -0.2) is 39.2 Å². The third-order valence-corrected chi connectivity index (χ3v) is 3.33. The monoisotopic (exact) mass is 286 g/mol. The minimum absolute atomic E-state index is 0.0595. The number of carbonyl (C=O) groups excluding carboxylic acids is 1. The van der Waals surface area contributed by atoms with E-state index < -0.39 is 0 Å². The number of carbonyl (C=O) groups is 1. The SMILES string of the molecule is CCNCC(=O)Nc1cccc(-c2nnnn2C2CC2)c1. The predicted molar refractivity (Wildman–Crippen MR) is 78.7 cm³/mol. The van der Waals surface area contributed by atoms with Crippen LogP contribution in [0.25, 0.3) is 11.4 Å². The van der Waals surface area contributed by atoms with Gasteiger partial charge in [-0.05, 0) is 41.9 Å². The Hall–Kier alpha value is -2.28. The first kappa shape index (κ1) is 13.7. The van der Waals surface area contributed by atoms with Gasteiger partial charge >= 0.3 is 0 Å². The highest BCUT2D eigenvalue weighted by molar-refractivity contribution is 5.92. The maximum absolute atomic E-state index is 11.7. The van der Waals surface area contributed by atoms with Gasteiger partial charge in [-0.1, -0.05) is 19.1 Å². The molecule has 1 heterocycles. The van der Waals surface area contributed by atoms with Gasteiger partial charge in [-0.3, -0.25) is 4.79 Å². The molecule has 0 radical (unpaired) electrons. The zero-order valence-electron chi connectivity index (χ0n) is 11.9. The Bertz CT molecular complexity index is 634. The van der Waals surface area contributed by atoms with Crippen LogP contribution in [0.5, 0.6) is 0 Å².